The molecule has 2 N–H and O–H groups in total. The Hall–Kier alpha value is -4.22. The first-order valence-corrected chi connectivity index (χ1v) is 14.2. The summed E-state index contributed by atoms with van der Waals surface area (Å²) in [7, 11) is 0. The molecule has 0 aliphatic heterocycles. The lowest BCUT2D eigenvalue weighted by Crippen LogP contribution is -2.29. The first-order valence-electron chi connectivity index (χ1n) is 14.2. The van der Waals surface area contributed by atoms with Gasteiger partial charge in [0.05, 0.1) is 31.3 Å². The molecule has 1 unspecified atom stereocenters. The van der Waals surface area contributed by atoms with Gasteiger partial charge in [-0.15, -0.1) is 0 Å². The molecular weight excluding hydrogens is 508 g/mol. The van der Waals surface area contributed by atoms with E-state index in [9.17, 15) is 10.2 Å². The summed E-state index contributed by atoms with van der Waals surface area (Å²) in [6.07, 6.45) is 5.05. The SMILES string of the molecule is OCCOc1ccc2cc(C3(c4ccc5c(c4)C=CC(OCCO)C5)c4ccccc4-c4ccccc43)ccc2c1. The zero-order valence-electron chi connectivity index (χ0n) is 22.8. The van der Waals surface area contributed by atoms with E-state index in [-0.39, 0.29) is 25.9 Å². The van der Waals surface area contributed by atoms with Gasteiger partial charge in [0.2, 0.25) is 0 Å². The maximum absolute atomic E-state index is 9.20. The number of benzene rings is 5. The zero-order chi connectivity index (χ0) is 27.8. The van der Waals surface area contributed by atoms with Crippen LogP contribution in [0.4, 0.5) is 0 Å². The minimum atomic E-state index is -0.486. The first kappa shape index (κ1) is 25.7. The molecule has 41 heavy (non-hydrogen) atoms. The molecule has 0 saturated carbocycles. The molecule has 0 fully saturated rings. The smallest absolute Gasteiger partial charge is 0.120 e. The van der Waals surface area contributed by atoms with Gasteiger partial charge >= 0.3 is 0 Å². The van der Waals surface area contributed by atoms with E-state index in [2.05, 4.69) is 103 Å². The number of aliphatic hydroxyl groups excluding tert-OH is 2. The normalized spacial score (nSPS) is 16.3. The third-order valence-corrected chi connectivity index (χ3v) is 8.47. The molecule has 0 radical (unpaired) electrons. The number of ether oxygens (including phenoxy) is 2. The lowest BCUT2D eigenvalue weighted by molar-refractivity contribution is 0.0546. The summed E-state index contributed by atoms with van der Waals surface area (Å²) in [5.41, 5.74) is 9.52. The highest BCUT2D eigenvalue weighted by Gasteiger charge is 2.46. The Morgan fingerprint density at radius 1 is 0.683 bits per heavy atom. The van der Waals surface area contributed by atoms with Crippen molar-refractivity contribution in [2.45, 2.75) is 17.9 Å². The molecule has 5 aromatic rings. The molecule has 0 bridgehead atoms. The lowest BCUT2D eigenvalue weighted by atomic mass is 9.67. The van der Waals surface area contributed by atoms with Crippen LogP contribution in [0.25, 0.3) is 28.0 Å². The molecule has 0 aromatic heterocycles. The maximum Gasteiger partial charge on any atom is 0.120 e. The van der Waals surface area contributed by atoms with Crippen molar-refractivity contribution in [1.82, 2.24) is 0 Å². The third kappa shape index (κ3) is 4.27. The number of aliphatic hydroxyl groups is 2. The monoisotopic (exact) mass is 540 g/mol. The fraction of sp³-hybridized carbons (Fsp3) is 0.189. The minimum absolute atomic E-state index is 0.00931. The molecule has 0 amide bonds. The van der Waals surface area contributed by atoms with Crippen LogP contribution in [-0.4, -0.2) is 42.7 Å². The molecule has 1 atom stereocenters. The number of hydrogen-bond acceptors (Lipinski definition) is 4. The van der Waals surface area contributed by atoms with Crippen molar-refractivity contribution in [1.29, 1.82) is 0 Å². The lowest BCUT2D eigenvalue weighted by Gasteiger charge is -2.35. The first-order chi connectivity index (χ1) is 20.2. The van der Waals surface area contributed by atoms with Crippen LogP contribution in [0.1, 0.15) is 33.4 Å². The van der Waals surface area contributed by atoms with Gasteiger partial charge in [0, 0.05) is 6.42 Å². The summed E-state index contributed by atoms with van der Waals surface area (Å²) >= 11 is 0. The summed E-state index contributed by atoms with van der Waals surface area (Å²) in [5, 5.41) is 20.6. The van der Waals surface area contributed by atoms with E-state index in [1.807, 2.05) is 12.1 Å². The van der Waals surface area contributed by atoms with Crippen LogP contribution in [0, 0.1) is 0 Å². The molecule has 0 heterocycles. The molecular formula is C37H32O4. The van der Waals surface area contributed by atoms with E-state index in [0.717, 1.165) is 22.9 Å². The van der Waals surface area contributed by atoms with Crippen LogP contribution in [0.15, 0.2) is 109 Å². The Labute approximate surface area is 240 Å². The molecule has 5 aromatic carbocycles. The van der Waals surface area contributed by atoms with Crippen molar-refractivity contribution in [3.05, 3.63) is 143 Å². The number of hydrogen-bond donors (Lipinski definition) is 2. The highest BCUT2D eigenvalue weighted by molar-refractivity contribution is 5.90. The topological polar surface area (TPSA) is 58.9 Å². The number of rotatable bonds is 8. The van der Waals surface area contributed by atoms with Crippen LogP contribution in [0.3, 0.4) is 0 Å². The predicted molar refractivity (Wildman–Crippen MR) is 163 cm³/mol. The van der Waals surface area contributed by atoms with Gasteiger partial charge in [0.25, 0.3) is 0 Å². The summed E-state index contributed by atoms with van der Waals surface area (Å²) in [6, 6.07) is 37.3. The van der Waals surface area contributed by atoms with E-state index in [4.69, 9.17) is 9.47 Å². The second-order valence-electron chi connectivity index (χ2n) is 10.7. The van der Waals surface area contributed by atoms with Crippen LogP contribution in [0.5, 0.6) is 5.75 Å². The quantitative estimate of drug-likeness (QED) is 0.231. The summed E-state index contributed by atoms with van der Waals surface area (Å²) < 4.78 is 11.5. The molecule has 4 nitrogen and oxygen atoms in total. The standard InChI is InChI=1S/C37H32O4/c38-17-19-40-31-15-11-25-21-29(13-9-27(25)23-31)37(35-7-3-1-5-33(35)34-6-2-4-8-36(34)37)30-14-10-28-24-32(41-20-18-39)16-12-26(28)22-30/h1-16,21-23,32,38-39H,17-20,24H2. The van der Waals surface area contributed by atoms with Gasteiger partial charge in [-0.1, -0.05) is 91.0 Å². The summed E-state index contributed by atoms with van der Waals surface area (Å²) in [5.74, 6) is 0.758. The van der Waals surface area contributed by atoms with Crippen molar-refractivity contribution in [3.63, 3.8) is 0 Å². The van der Waals surface area contributed by atoms with Gasteiger partial charge in [0.1, 0.15) is 12.4 Å². The molecule has 0 spiro atoms. The number of fused-ring (bicyclic) bond motifs is 5. The van der Waals surface area contributed by atoms with Gasteiger partial charge in [-0.05, 0) is 79.5 Å². The zero-order valence-corrected chi connectivity index (χ0v) is 22.8. The largest absolute Gasteiger partial charge is 0.491 e. The fourth-order valence-corrected chi connectivity index (χ4v) is 6.72. The molecule has 7 rings (SSSR count). The van der Waals surface area contributed by atoms with Crippen molar-refractivity contribution in [2.24, 2.45) is 0 Å². The van der Waals surface area contributed by atoms with Crippen molar-refractivity contribution in [3.8, 4) is 16.9 Å². The average Bonchev–Trinajstić information content (AvgIpc) is 3.33. The van der Waals surface area contributed by atoms with Gasteiger partial charge < -0.3 is 19.7 Å². The Balaban J connectivity index is 1.43. The highest BCUT2D eigenvalue weighted by Crippen LogP contribution is 2.56. The highest BCUT2D eigenvalue weighted by atomic mass is 16.5. The van der Waals surface area contributed by atoms with Gasteiger partial charge in [0.15, 0.2) is 0 Å². The Morgan fingerprint density at radius 2 is 1.34 bits per heavy atom. The third-order valence-electron chi connectivity index (χ3n) is 8.47. The summed E-state index contributed by atoms with van der Waals surface area (Å²) in [4.78, 5) is 0. The second kappa shape index (κ2) is 10.6. The average molecular weight is 541 g/mol. The van der Waals surface area contributed by atoms with E-state index < -0.39 is 5.41 Å². The van der Waals surface area contributed by atoms with Gasteiger partial charge in [-0.3, -0.25) is 0 Å². The Bertz CT molecular complexity index is 1720. The van der Waals surface area contributed by atoms with E-state index >= 15 is 0 Å². The van der Waals surface area contributed by atoms with Crippen molar-refractivity contribution in [2.75, 3.05) is 26.4 Å². The van der Waals surface area contributed by atoms with E-state index in [1.54, 1.807) is 0 Å². The molecule has 204 valence electrons. The Kier molecular flexibility index (Phi) is 6.68. The van der Waals surface area contributed by atoms with Gasteiger partial charge in [-0.2, -0.15) is 0 Å². The predicted octanol–water partition coefficient (Wildman–Crippen LogP) is 6.52. The van der Waals surface area contributed by atoms with Crippen molar-refractivity contribution >= 4 is 16.8 Å². The molecule has 2 aliphatic carbocycles. The van der Waals surface area contributed by atoms with Crippen LogP contribution in [0.2, 0.25) is 0 Å². The van der Waals surface area contributed by atoms with E-state index in [0.29, 0.717) is 6.61 Å². The van der Waals surface area contributed by atoms with Crippen LogP contribution in [-0.2, 0) is 16.6 Å². The fourth-order valence-electron chi connectivity index (χ4n) is 6.72. The molecule has 4 heteroatoms. The molecule has 2 aliphatic rings. The Morgan fingerprint density at radius 3 is 2.10 bits per heavy atom. The minimum Gasteiger partial charge on any atom is -0.491 e. The second-order valence-corrected chi connectivity index (χ2v) is 10.7. The van der Waals surface area contributed by atoms with Gasteiger partial charge in [-0.25, -0.2) is 0 Å². The molecule has 0 saturated heterocycles. The van der Waals surface area contributed by atoms with Crippen LogP contribution >= 0.6 is 0 Å². The van der Waals surface area contributed by atoms with Crippen LogP contribution < -0.4 is 4.74 Å². The van der Waals surface area contributed by atoms with Crippen molar-refractivity contribution < 1.29 is 19.7 Å². The summed E-state index contributed by atoms with van der Waals surface area (Å²) in [6.45, 7) is 0.641. The van der Waals surface area contributed by atoms with E-state index in [1.165, 1.54) is 44.5 Å². The maximum atomic E-state index is 9.20.